The number of aromatic nitrogens is 2. The number of hydrogen-bond acceptors (Lipinski definition) is 5. The molecule has 0 fully saturated rings. The molecule has 0 saturated heterocycles. The van der Waals surface area contributed by atoms with Gasteiger partial charge in [-0.3, -0.25) is 14.3 Å². The molecule has 0 aliphatic heterocycles. The Morgan fingerprint density at radius 2 is 1.81 bits per heavy atom. The van der Waals surface area contributed by atoms with Gasteiger partial charge in [-0.1, -0.05) is 12.1 Å². The summed E-state index contributed by atoms with van der Waals surface area (Å²) >= 11 is 0. The van der Waals surface area contributed by atoms with Crippen LogP contribution >= 0.6 is 0 Å². The molecule has 0 aliphatic rings. The van der Waals surface area contributed by atoms with Crippen LogP contribution in [0.15, 0.2) is 76.4 Å². The minimum Gasteiger partial charge on any atom is -0.488 e. The molecule has 0 unspecified atom stereocenters. The zero-order chi connectivity index (χ0) is 21.8. The SMILES string of the molecule is N#Cc1ccc2ccc(Oc3ccc(F)cc3OCCn3ccc(=O)[nH]c3=O)cc2c1. The molecule has 0 atom stereocenters. The van der Waals surface area contributed by atoms with Crippen LogP contribution in [0, 0.1) is 17.1 Å². The highest BCUT2D eigenvalue weighted by atomic mass is 19.1. The van der Waals surface area contributed by atoms with Gasteiger partial charge in [-0.2, -0.15) is 5.26 Å². The molecule has 1 aromatic heterocycles. The Morgan fingerprint density at radius 1 is 0.968 bits per heavy atom. The lowest BCUT2D eigenvalue weighted by Crippen LogP contribution is -2.30. The molecule has 1 heterocycles. The third-order valence-corrected chi connectivity index (χ3v) is 4.56. The van der Waals surface area contributed by atoms with Crippen molar-refractivity contribution in [3.05, 3.63) is 99.1 Å². The van der Waals surface area contributed by atoms with Crippen molar-refractivity contribution in [2.45, 2.75) is 6.54 Å². The summed E-state index contributed by atoms with van der Waals surface area (Å²) in [5, 5.41) is 10.9. The van der Waals surface area contributed by atoms with Crippen molar-refractivity contribution in [1.29, 1.82) is 5.26 Å². The minimum atomic E-state index is -0.556. The average Bonchev–Trinajstić information content (AvgIpc) is 2.76. The fraction of sp³-hybridized carbons (Fsp3) is 0.0870. The molecular weight excluding hydrogens is 401 g/mol. The first-order valence-corrected chi connectivity index (χ1v) is 9.36. The Kier molecular flexibility index (Phi) is 5.49. The van der Waals surface area contributed by atoms with Crippen LogP contribution in [0.2, 0.25) is 0 Å². The predicted octanol–water partition coefficient (Wildman–Crippen LogP) is 3.57. The number of fused-ring (bicyclic) bond motifs is 1. The lowest BCUT2D eigenvalue weighted by Gasteiger charge is -2.13. The molecule has 0 radical (unpaired) electrons. The third kappa shape index (κ3) is 4.62. The summed E-state index contributed by atoms with van der Waals surface area (Å²) in [5.74, 6) is 0.464. The van der Waals surface area contributed by atoms with Crippen LogP contribution in [-0.4, -0.2) is 16.2 Å². The number of halogens is 1. The zero-order valence-corrected chi connectivity index (χ0v) is 16.2. The quantitative estimate of drug-likeness (QED) is 0.517. The molecule has 0 spiro atoms. The summed E-state index contributed by atoms with van der Waals surface area (Å²) in [6, 6.07) is 18.0. The standard InChI is InChI=1S/C23H16FN3O4/c24-18-4-6-20(21(13-18)30-10-9-27-8-7-22(28)26-23(27)29)31-19-5-3-16-2-1-15(14-25)11-17(16)12-19/h1-8,11-13H,9-10H2,(H,26,28,29). The maximum Gasteiger partial charge on any atom is 0.328 e. The lowest BCUT2D eigenvalue weighted by molar-refractivity contribution is 0.281. The van der Waals surface area contributed by atoms with Crippen LogP contribution < -0.4 is 20.7 Å². The van der Waals surface area contributed by atoms with Gasteiger partial charge in [-0.15, -0.1) is 0 Å². The largest absolute Gasteiger partial charge is 0.488 e. The first-order valence-electron chi connectivity index (χ1n) is 9.36. The normalized spacial score (nSPS) is 10.6. The number of ether oxygens (including phenoxy) is 2. The molecule has 4 rings (SSSR count). The number of nitrogens with one attached hydrogen (secondary N) is 1. The van der Waals surface area contributed by atoms with E-state index in [1.807, 2.05) is 12.1 Å². The Balaban J connectivity index is 1.54. The topological polar surface area (TPSA) is 97.1 Å². The van der Waals surface area contributed by atoms with Gasteiger partial charge in [0.05, 0.1) is 18.2 Å². The fourth-order valence-corrected chi connectivity index (χ4v) is 3.04. The highest BCUT2D eigenvalue weighted by Gasteiger charge is 2.10. The molecule has 8 heteroatoms. The molecule has 0 bridgehead atoms. The molecular formula is C23H16FN3O4. The van der Waals surface area contributed by atoms with Gasteiger partial charge in [0.15, 0.2) is 11.5 Å². The number of H-pyrrole nitrogens is 1. The van der Waals surface area contributed by atoms with E-state index in [-0.39, 0.29) is 18.9 Å². The van der Waals surface area contributed by atoms with Crippen molar-refractivity contribution in [2.24, 2.45) is 0 Å². The van der Waals surface area contributed by atoms with E-state index in [0.29, 0.717) is 17.1 Å². The summed E-state index contributed by atoms with van der Waals surface area (Å²) in [7, 11) is 0. The zero-order valence-electron chi connectivity index (χ0n) is 16.2. The number of nitriles is 1. The monoisotopic (exact) mass is 417 g/mol. The van der Waals surface area contributed by atoms with Gasteiger partial charge in [-0.05, 0) is 47.2 Å². The Morgan fingerprint density at radius 3 is 2.61 bits per heavy atom. The van der Waals surface area contributed by atoms with Crippen molar-refractivity contribution in [3.8, 4) is 23.3 Å². The lowest BCUT2D eigenvalue weighted by atomic mass is 10.1. The number of rotatable bonds is 6. The molecule has 0 amide bonds. The summed E-state index contributed by atoms with van der Waals surface area (Å²) < 4.78 is 26.6. The molecule has 0 saturated carbocycles. The summed E-state index contributed by atoms with van der Waals surface area (Å²) in [5.41, 5.74) is -0.507. The first-order chi connectivity index (χ1) is 15.0. The second-order valence-corrected chi connectivity index (χ2v) is 6.68. The van der Waals surface area contributed by atoms with Crippen LogP contribution in [-0.2, 0) is 6.54 Å². The molecule has 4 aromatic rings. The van der Waals surface area contributed by atoms with Crippen molar-refractivity contribution < 1.29 is 13.9 Å². The van der Waals surface area contributed by atoms with E-state index in [2.05, 4.69) is 11.1 Å². The fourth-order valence-electron chi connectivity index (χ4n) is 3.04. The molecule has 31 heavy (non-hydrogen) atoms. The Hall–Kier alpha value is -4.38. The van der Waals surface area contributed by atoms with Gasteiger partial charge in [0.2, 0.25) is 0 Å². The Bertz CT molecular complexity index is 1420. The van der Waals surface area contributed by atoms with Crippen molar-refractivity contribution in [2.75, 3.05) is 6.61 Å². The van der Waals surface area contributed by atoms with Crippen LogP contribution in [0.5, 0.6) is 17.2 Å². The minimum absolute atomic E-state index is 0.0506. The molecule has 154 valence electrons. The third-order valence-electron chi connectivity index (χ3n) is 4.56. The smallest absolute Gasteiger partial charge is 0.328 e. The number of hydrogen-bond donors (Lipinski definition) is 1. The van der Waals surface area contributed by atoms with Crippen LogP contribution in [0.25, 0.3) is 10.8 Å². The maximum atomic E-state index is 13.8. The van der Waals surface area contributed by atoms with Crippen molar-refractivity contribution in [3.63, 3.8) is 0 Å². The van der Waals surface area contributed by atoms with E-state index in [4.69, 9.17) is 14.7 Å². The maximum absolute atomic E-state index is 13.8. The predicted molar refractivity (Wildman–Crippen MR) is 112 cm³/mol. The van der Waals surface area contributed by atoms with E-state index in [1.165, 1.54) is 35.0 Å². The van der Waals surface area contributed by atoms with Gasteiger partial charge in [0, 0.05) is 18.3 Å². The van der Waals surface area contributed by atoms with E-state index >= 15 is 0 Å². The average molecular weight is 417 g/mol. The molecule has 7 nitrogen and oxygen atoms in total. The summed E-state index contributed by atoms with van der Waals surface area (Å²) in [4.78, 5) is 25.0. The van der Waals surface area contributed by atoms with Crippen molar-refractivity contribution in [1.82, 2.24) is 9.55 Å². The van der Waals surface area contributed by atoms with Gasteiger partial charge < -0.3 is 9.47 Å². The summed E-state index contributed by atoms with van der Waals surface area (Å²) in [6.07, 6.45) is 1.36. The van der Waals surface area contributed by atoms with E-state index in [0.717, 1.165) is 10.8 Å². The van der Waals surface area contributed by atoms with Crippen LogP contribution in [0.3, 0.4) is 0 Å². The first kappa shape index (κ1) is 19.9. The van der Waals surface area contributed by atoms with Gasteiger partial charge in [0.25, 0.3) is 5.56 Å². The Labute approximate surface area is 175 Å². The highest BCUT2D eigenvalue weighted by Crippen LogP contribution is 2.33. The number of nitrogens with zero attached hydrogens (tertiary/aromatic N) is 2. The number of aromatic amines is 1. The summed E-state index contributed by atoms with van der Waals surface area (Å²) in [6.45, 7) is 0.202. The van der Waals surface area contributed by atoms with Crippen LogP contribution in [0.1, 0.15) is 5.56 Å². The highest BCUT2D eigenvalue weighted by molar-refractivity contribution is 5.85. The van der Waals surface area contributed by atoms with Crippen molar-refractivity contribution >= 4 is 10.8 Å². The molecule has 3 aromatic carbocycles. The second-order valence-electron chi connectivity index (χ2n) is 6.68. The van der Waals surface area contributed by atoms with Crippen LogP contribution in [0.4, 0.5) is 4.39 Å². The molecule has 1 N–H and O–H groups in total. The van der Waals surface area contributed by atoms with E-state index < -0.39 is 17.1 Å². The van der Waals surface area contributed by atoms with E-state index in [1.54, 1.807) is 24.3 Å². The van der Waals surface area contributed by atoms with E-state index in [9.17, 15) is 14.0 Å². The van der Waals surface area contributed by atoms with Gasteiger partial charge in [0.1, 0.15) is 18.2 Å². The van der Waals surface area contributed by atoms with Gasteiger partial charge >= 0.3 is 5.69 Å². The molecule has 0 aliphatic carbocycles. The van der Waals surface area contributed by atoms with Gasteiger partial charge in [-0.25, -0.2) is 9.18 Å². The number of benzene rings is 3. The second kappa shape index (κ2) is 8.55.